The minimum atomic E-state index is -0.628. The molecule has 0 unspecified atom stereocenters. The molecule has 4 rings (SSSR count). The summed E-state index contributed by atoms with van der Waals surface area (Å²) in [6.07, 6.45) is 4.04. The number of nitrogens with one attached hydrogen (secondary N) is 1. The van der Waals surface area contributed by atoms with Crippen LogP contribution in [0.3, 0.4) is 0 Å². The van der Waals surface area contributed by atoms with Crippen molar-refractivity contribution in [1.82, 2.24) is 44.4 Å². The van der Waals surface area contributed by atoms with Crippen LogP contribution in [0.1, 0.15) is 22.6 Å². The predicted molar refractivity (Wildman–Crippen MR) is 121 cm³/mol. The summed E-state index contributed by atoms with van der Waals surface area (Å²) < 4.78 is 2.25. The number of hydrogen-bond acceptors (Lipinski definition) is 9. The molecule has 1 amide bonds. The van der Waals surface area contributed by atoms with E-state index in [4.69, 9.17) is 0 Å². The zero-order valence-electron chi connectivity index (χ0n) is 18.8. The van der Waals surface area contributed by atoms with Crippen LogP contribution in [0.5, 0.6) is 0 Å². The summed E-state index contributed by atoms with van der Waals surface area (Å²) in [5, 5.41) is 10.7. The summed E-state index contributed by atoms with van der Waals surface area (Å²) in [6.45, 7) is 5.63. The van der Waals surface area contributed by atoms with Gasteiger partial charge in [0.1, 0.15) is 0 Å². The molecule has 1 aliphatic rings. The van der Waals surface area contributed by atoms with Gasteiger partial charge in [0.25, 0.3) is 11.5 Å². The van der Waals surface area contributed by atoms with Crippen molar-refractivity contribution in [2.45, 2.75) is 13.0 Å². The molecule has 1 N–H and O–H groups in total. The van der Waals surface area contributed by atoms with Crippen molar-refractivity contribution >= 4 is 17.1 Å². The average Bonchev–Trinajstić information content (AvgIpc) is 2.84. The highest BCUT2D eigenvalue weighted by atomic mass is 16.2. The maximum Gasteiger partial charge on any atom is 0.332 e. The van der Waals surface area contributed by atoms with Crippen LogP contribution in [0.15, 0.2) is 34.1 Å². The molecule has 12 heteroatoms. The molecular weight excluding hydrogens is 426 g/mol. The number of piperazine rings is 1. The first-order valence-electron chi connectivity index (χ1n) is 10.9. The van der Waals surface area contributed by atoms with E-state index in [9.17, 15) is 14.4 Å². The van der Waals surface area contributed by atoms with Crippen molar-refractivity contribution in [2.24, 2.45) is 7.05 Å². The van der Waals surface area contributed by atoms with Gasteiger partial charge in [0.15, 0.2) is 11.2 Å². The van der Waals surface area contributed by atoms with Gasteiger partial charge in [-0.25, -0.2) is 9.78 Å². The summed E-state index contributed by atoms with van der Waals surface area (Å²) in [5.41, 5.74) is -0.481. The Labute approximate surface area is 189 Å². The number of rotatable bonds is 7. The number of carbonyl (C=O) groups is 1. The van der Waals surface area contributed by atoms with Gasteiger partial charge in [-0.05, 0) is 31.6 Å². The lowest BCUT2D eigenvalue weighted by Crippen LogP contribution is -2.45. The smallest absolute Gasteiger partial charge is 0.332 e. The Morgan fingerprint density at radius 1 is 1.12 bits per heavy atom. The van der Waals surface area contributed by atoms with Crippen molar-refractivity contribution in [3.8, 4) is 0 Å². The molecular formula is C21H27N9O3. The fraction of sp³-hybridized carbons (Fsp3) is 0.476. The molecule has 1 aliphatic heterocycles. The molecule has 0 spiro atoms. The van der Waals surface area contributed by atoms with Gasteiger partial charge in [0, 0.05) is 52.2 Å². The van der Waals surface area contributed by atoms with E-state index < -0.39 is 17.2 Å². The van der Waals surface area contributed by atoms with Gasteiger partial charge in [-0.1, -0.05) is 6.07 Å². The zero-order chi connectivity index (χ0) is 23.4. The van der Waals surface area contributed by atoms with Gasteiger partial charge in [0.2, 0.25) is 5.82 Å². The van der Waals surface area contributed by atoms with Crippen LogP contribution < -0.4 is 16.6 Å². The third-order valence-corrected chi connectivity index (χ3v) is 5.75. The molecule has 0 bridgehead atoms. The lowest BCUT2D eigenvalue weighted by atomic mass is 10.3. The normalized spacial score (nSPS) is 15.1. The maximum absolute atomic E-state index is 12.7. The molecule has 1 fully saturated rings. The maximum atomic E-state index is 12.7. The monoisotopic (exact) mass is 453 g/mol. The van der Waals surface area contributed by atoms with Gasteiger partial charge in [-0.3, -0.25) is 23.7 Å². The van der Waals surface area contributed by atoms with Gasteiger partial charge < -0.3 is 15.1 Å². The summed E-state index contributed by atoms with van der Waals surface area (Å²) in [5.74, 6) is -0.708. The van der Waals surface area contributed by atoms with Crippen LogP contribution in [0, 0.1) is 0 Å². The van der Waals surface area contributed by atoms with Gasteiger partial charge in [0.05, 0.1) is 6.54 Å². The van der Waals surface area contributed by atoms with Crippen LogP contribution in [0.25, 0.3) is 11.2 Å². The molecule has 12 nitrogen and oxygen atoms in total. The standard InChI is InChI=1S/C21H27N9O3/c1-27-9-11-29(12-10-27)8-4-7-23-19(31)17-24-16-18(26-25-17)30(21(33)28(2)20(16)32)14-15-5-3-6-22-13-15/h3,5-6,13H,4,7-12,14H2,1-2H3,(H,23,31). The van der Waals surface area contributed by atoms with Crippen molar-refractivity contribution < 1.29 is 4.79 Å². The van der Waals surface area contributed by atoms with Gasteiger partial charge in [-0.15, -0.1) is 10.2 Å². The summed E-state index contributed by atoms with van der Waals surface area (Å²) in [7, 11) is 3.48. The number of aromatic nitrogens is 6. The summed E-state index contributed by atoms with van der Waals surface area (Å²) >= 11 is 0. The Balaban J connectivity index is 1.48. The van der Waals surface area contributed by atoms with E-state index in [-0.39, 0.29) is 23.5 Å². The van der Waals surface area contributed by atoms with E-state index >= 15 is 0 Å². The fourth-order valence-corrected chi connectivity index (χ4v) is 3.73. The molecule has 0 saturated carbocycles. The third-order valence-electron chi connectivity index (χ3n) is 5.75. The van der Waals surface area contributed by atoms with Crippen molar-refractivity contribution in [3.05, 3.63) is 56.8 Å². The first kappa shape index (κ1) is 22.7. The van der Waals surface area contributed by atoms with Crippen LogP contribution in [-0.4, -0.2) is 91.3 Å². The Kier molecular flexibility index (Phi) is 6.84. The van der Waals surface area contributed by atoms with E-state index in [0.29, 0.717) is 6.54 Å². The number of likely N-dealkylation sites (N-methyl/N-ethyl adjacent to an activating group) is 1. The third kappa shape index (κ3) is 5.12. The van der Waals surface area contributed by atoms with Crippen LogP contribution in [-0.2, 0) is 13.6 Å². The molecule has 0 aliphatic carbocycles. The second-order valence-electron chi connectivity index (χ2n) is 8.16. The molecule has 3 aromatic rings. The van der Waals surface area contributed by atoms with Crippen molar-refractivity contribution in [3.63, 3.8) is 0 Å². The summed E-state index contributed by atoms with van der Waals surface area (Å²) in [6, 6.07) is 3.56. The highest BCUT2D eigenvalue weighted by Crippen LogP contribution is 2.06. The number of pyridine rings is 1. The zero-order valence-corrected chi connectivity index (χ0v) is 18.8. The minimum absolute atomic E-state index is 0.0265. The number of fused-ring (bicyclic) bond motifs is 1. The Morgan fingerprint density at radius 2 is 1.91 bits per heavy atom. The molecule has 33 heavy (non-hydrogen) atoms. The van der Waals surface area contributed by atoms with Crippen LogP contribution in [0.4, 0.5) is 0 Å². The molecule has 0 atom stereocenters. The fourth-order valence-electron chi connectivity index (χ4n) is 3.73. The Bertz CT molecular complexity index is 1250. The lowest BCUT2D eigenvalue weighted by molar-refractivity contribution is 0.0938. The number of carbonyl (C=O) groups excluding carboxylic acids is 1. The van der Waals surface area contributed by atoms with Crippen LogP contribution >= 0.6 is 0 Å². The molecule has 3 aromatic heterocycles. The first-order valence-corrected chi connectivity index (χ1v) is 10.9. The number of nitrogens with zero attached hydrogens (tertiary/aromatic N) is 8. The molecule has 174 valence electrons. The topological polar surface area (TPSA) is 131 Å². The Hall–Kier alpha value is -3.51. The van der Waals surface area contributed by atoms with E-state index in [1.165, 1.54) is 11.6 Å². The van der Waals surface area contributed by atoms with Crippen molar-refractivity contribution in [2.75, 3.05) is 46.3 Å². The highest BCUT2D eigenvalue weighted by molar-refractivity contribution is 5.91. The quantitative estimate of drug-likeness (QED) is 0.434. The van der Waals surface area contributed by atoms with Crippen molar-refractivity contribution in [1.29, 1.82) is 0 Å². The summed E-state index contributed by atoms with van der Waals surface area (Å²) in [4.78, 5) is 50.7. The van der Waals surface area contributed by atoms with E-state index in [1.807, 2.05) is 0 Å². The highest BCUT2D eigenvalue weighted by Gasteiger charge is 2.19. The number of hydrogen-bond donors (Lipinski definition) is 1. The van der Waals surface area contributed by atoms with Gasteiger partial charge in [-0.2, -0.15) is 0 Å². The van der Waals surface area contributed by atoms with E-state index in [0.717, 1.165) is 49.3 Å². The molecule has 4 heterocycles. The number of amides is 1. The second-order valence-corrected chi connectivity index (χ2v) is 8.16. The largest absolute Gasteiger partial charge is 0.349 e. The minimum Gasteiger partial charge on any atom is -0.349 e. The second kappa shape index (κ2) is 9.96. The predicted octanol–water partition coefficient (Wildman–Crippen LogP) is -1.30. The molecule has 0 aromatic carbocycles. The molecule has 0 radical (unpaired) electrons. The molecule has 1 saturated heterocycles. The lowest BCUT2D eigenvalue weighted by Gasteiger charge is -2.32. The Morgan fingerprint density at radius 3 is 2.64 bits per heavy atom. The van der Waals surface area contributed by atoms with E-state index in [1.54, 1.807) is 24.5 Å². The SMILES string of the molecule is CN1CCN(CCCNC(=O)c2nnc3c(n2)c(=O)n(C)c(=O)n3Cc2cccnc2)CC1. The van der Waals surface area contributed by atoms with Gasteiger partial charge >= 0.3 is 5.69 Å². The first-order chi connectivity index (χ1) is 15.9. The average molecular weight is 454 g/mol. The van der Waals surface area contributed by atoms with Crippen LogP contribution in [0.2, 0.25) is 0 Å². The van der Waals surface area contributed by atoms with E-state index in [2.05, 4.69) is 42.3 Å².